The van der Waals surface area contributed by atoms with Crippen LogP contribution in [0, 0.1) is 0 Å². The highest BCUT2D eigenvalue weighted by molar-refractivity contribution is 5.76. The number of nitrogens with zero attached hydrogens (tertiary/aromatic N) is 2. The molecule has 17 heavy (non-hydrogen) atoms. The highest BCUT2D eigenvalue weighted by atomic mass is 16.5. The van der Waals surface area contributed by atoms with Crippen molar-refractivity contribution in [2.45, 2.75) is 25.3 Å². The minimum atomic E-state index is -0.144. The van der Waals surface area contributed by atoms with E-state index in [1.54, 1.807) is 4.90 Å². The van der Waals surface area contributed by atoms with Crippen molar-refractivity contribution in [3.63, 3.8) is 0 Å². The van der Waals surface area contributed by atoms with E-state index in [1.165, 1.54) is 12.8 Å². The third-order valence-corrected chi connectivity index (χ3v) is 3.60. The molecule has 2 aliphatic heterocycles. The number of rotatable bonds is 4. The summed E-state index contributed by atoms with van der Waals surface area (Å²) in [5, 5.41) is 9.21. The predicted octanol–water partition coefficient (Wildman–Crippen LogP) is -0.308. The van der Waals surface area contributed by atoms with Gasteiger partial charge >= 0.3 is 0 Å². The van der Waals surface area contributed by atoms with Gasteiger partial charge < -0.3 is 19.6 Å². The van der Waals surface area contributed by atoms with Gasteiger partial charge in [-0.15, -0.1) is 0 Å². The lowest BCUT2D eigenvalue weighted by Crippen LogP contribution is -2.51. The largest absolute Gasteiger partial charge is 0.394 e. The van der Waals surface area contributed by atoms with Crippen LogP contribution in [0.25, 0.3) is 0 Å². The van der Waals surface area contributed by atoms with Gasteiger partial charge in [0.25, 0.3) is 0 Å². The van der Waals surface area contributed by atoms with Crippen LogP contribution in [0.4, 0.5) is 0 Å². The molecule has 0 radical (unpaired) electrons. The smallest absolute Gasteiger partial charge is 0.224 e. The van der Waals surface area contributed by atoms with Gasteiger partial charge in [0, 0.05) is 19.5 Å². The summed E-state index contributed by atoms with van der Waals surface area (Å²) in [6, 6.07) is -0.144. The van der Waals surface area contributed by atoms with E-state index in [1.807, 2.05) is 0 Å². The van der Waals surface area contributed by atoms with Crippen molar-refractivity contribution in [3.05, 3.63) is 0 Å². The molecule has 2 heterocycles. The van der Waals surface area contributed by atoms with Gasteiger partial charge in [-0.2, -0.15) is 0 Å². The van der Waals surface area contributed by atoms with Crippen LogP contribution in [-0.2, 0) is 9.53 Å². The van der Waals surface area contributed by atoms with Crippen molar-refractivity contribution in [1.29, 1.82) is 0 Å². The van der Waals surface area contributed by atoms with Crippen molar-refractivity contribution in [2.75, 3.05) is 46.0 Å². The number of likely N-dealkylation sites (tertiary alicyclic amines) is 1. The molecule has 5 heteroatoms. The van der Waals surface area contributed by atoms with Crippen molar-refractivity contribution < 1.29 is 14.6 Å². The number of amides is 1. The summed E-state index contributed by atoms with van der Waals surface area (Å²) >= 11 is 0. The zero-order valence-corrected chi connectivity index (χ0v) is 10.3. The Bertz CT molecular complexity index is 254. The Morgan fingerprint density at radius 3 is 2.76 bits per heavy atom. The Morgan fingerprint density at radius 1 is 1.29 bits per heavy atom. The Kier molecular flexibility index (Phi) is 4.76. The molecule has 2 saturated heterocycles. The SMILES string of the molecule is O=C(CCN1CCCC1)N1CCOCC1CO. The van der Waals surface area contributed by atoms with E-state index < -0.39 is 0 Å². The summed E-state index contributed by atoms with van der Waals surface area (Å²) < 4.78 is 5.27. The maximum atomic E-state index is 12.1. The Balaban J connectivity index is 1.76. The highest BCUT2D eigenvalue weighted by Crippen LogP contribution is 2.11. The van der Waals surface area contributed by atoms with E-state index in [9.17, 15) is 9.90 Å². The number of hydrogen-bond acceptors (Lipinski definition) is 4. The Labute approximate surface area is 102 Å². The fraction of sp³-hybridized carbons (Fsp3) is 0.917. The second-order valence-electron chi connectivity index (χ2n) is 4.80. The van der Waals surface area contributed by atoms with Gasteiger partial charge in [0.05, 0.1) is 25.9 Å². The first-order valence-corrected chi connectivity index (χ1v) is 6.51. The molecule has 2 rings (SSSR count). The molecular weight excluding hydrogens is 220 g/mol. The summed E-state index contributed by atoms with van der Waals surface area (Å²) in [6.07, 6.45) is 3.08. The van der Waals surface area contributed by atoms with Crippen LogP contribution in [0.1, 0.15) is 19.3 Å². The van der Waals surface area contributed by atoms with E-state index in [2.05, 4.69) is 4.90 Å². The molecule has 0 saturated carbocycles. The van der Waals surface area contributed by atoms with Gasteiger partial charge in [0.15, 0.2) is 0 Å². The zero-order valence-electron chi connectivity index (χ0n) is 10.3. The molecule has 0 aromatic heterocycles. The minimum absolute atomic E-state index is 0.00451. The first-order valence-electron chi connectivity index (χ1n) is 6.51. The number of aliphatic hydroxyl groups is 1. The third-order valence-electron chi connectivity index (χ3n) is 3.60. The van der Waals surface area contributed by atoms with E-state index in [4.69, 9.17) is 4.74 Å². The van der Waals surface area contributed by atoms with Gasteiger partial charge in [0.2, 0.25) is 5.91 Å². The highest BCUT2D eigenvalue weighted by Gasteiger charge is 2.26. The molecule has 0 spiro atoms. The summed E-state index contributed by atoms with van der Waals surface area (Å²) in [5.74, 6) is 0.152. The van der Waals surface area contributed by atoms with Gasteiger partial charge in [-0.25, -0.2) is 0 Å². The van der Waals surface area contributed by atoms with Crippen LogP contribution in [0.15, 0.2) is 0 Å². The van der Waals surface area contributed by atoms with Crippen molar-refractivity contribution in [1.82, 2.24) is 9.80 Å². The van der Waals surface area contributed by atoms with Crippen molar-refractivity contribution in [2.24, 2.45) is 0 Å². The fourth-order valence-electron chi connectivity index (χ4n) is 2.54. The molecular formula is C12H22N2O3. The molecule has 0 aromatic rings. The second kappa shape index (κ2) is 6.33. The molecule has 1 amide bonds. The standard InChI is InChI=1S/C12H22N2O3/c15-9-11-10-17-8-7-14(11)12(16)3-6-13-4-1-2-5-13/h11,15H,1-10H2. The lowest BCUT2D eigenvalue weighted by Gasteiger charge is -2.34. The number of carbonyl (C=O) groups is 1. The quantitative estimate of drug-likeness (QED) is 0.735. The van der Waals surface area contributed by atoms with E-state index >= 15 is 0 Å². The van der Waals surface area contributed by atoms with E-state index in [0.29, 0.717) is 26.2 Å². The number of carbonyl (C=O) groups excluding carboxylic acids is 1. The summed E-state index contributed by atoms with van der Waals surface area (Å²) in [4.78, 5) is 16.2. The Morgan fingerprint density at radius 2 is 2.06 bits per heavy atom. The van der Waals surface area contributed by atoms with Crippen LogP contribution in [0.5, 0.6) is 0 Å². The zero-order chi connectivity index (χ0) is 12.1. The fourth-order valence-corrected chi connectivity index (χ4v) is 2.54. The van der Waals surface area contributed by atoms with Gasteiger partial charge in [-0.05, 0) is 25.9 Å². The molecule has 98 valence electrons. The maximum Gasteiger partial charge on any atom is 0.224 e. The van der Waals surface area contributed by atoms with E-state index in [0.717, 1.165) is 19.6 Å². The van der Waals surface area contributed by atoms with Crippen molar-refractivity contribution >= 4 is 5.91 Å². The maximum absolute atomic E-state index is 12.1. The number of hydrogen-bond donors (Lipinski definition) is 1. The lowest BCUT2D eigenvalue weighted by molar-refractivity contribution is -0.141. The summed E-state index contributed by atoms with van der Waals surface area (Å²) in [5.41, 5.74) is 0. The van der Waals surface area contributed by atoms with Crippen molar-refractivity contribution in [3.8, 4) is 0 Å². The average Bonchev–Trinajstić information content (AvgIpc) is 2.89. The Hall–Kier alpha value is -0.650. The number of ether oxygens (including phenoxy) is 1. The molecule has 0 aromatic carbocycles. The van der Waals surface area contributed by atoms with Crippen LogP contribution in [0.2, 0.25) is 0 Å². The third kappa shape index (κ3) is 3.40. The molecule has 2 aliphatic rings. The summed E-state index contributed by atoms with van der Waals surface area (Å²) in [6.45, 7) is 4.77. The molecule has 2 fully saturated rings. The van der Waals surface area contributed by atoms with Gasteiger partial charge in [-0.3, -0.25) is 4.79 Å². The molecule has 0 bridgehead atoms. The summed E-state index contributed by atoms with van der Waals surface area (Å²) in [7, 11) is 0. The number of morpholine rings is 1. The monoisotopic (exact) mass is 242 g/mol. The van der Waals surface area contributed by atoms with Crippen LogP contribution >= 0.6 is 0 Å². The molecule has 1 unspecified atom stereocenters. The first kappa shape index (κ1) is 12.8. The average molecular weight is 242 g/mol. The van der Waals surface area contributed by atoms with Gasteiger partial charge in [0.1, 0.15) is 0 Å². The lowest BCUT2D eigenvalue weighted by atomic mass is 10.2. The molecule has 1 N–H and O–H groups in total. The molecule has 5 nitrogen and oxygen atoms in total. The predicted molar refractivity (Wildman–Crippen MR) is 63.7 cm³/mol. The molecule has 0 aliphatic carbocycles. The van der Waals surface area contributed by atoms with E-state index in [-0.39, 0.29) is 18.6 Å². The van der Waals surface area contributed by atoms with Crippen LogP contribution in [0.3, 0.4) is 0 Å². The van der Waals surface area contributed by atoms with Crippen LogP contribution in [-0.4, -0.2) is 72.9 Å². The normalized spacial score (nSPS) is 26.4. The topological polar surface area (TPSA) is 53.0 Å². The first-order chi connectivity index (χ1) is 8.31. The number of aliphatic hydroxyl groups excluding tert-OH is 1. The second-order valence-corrected chi connectivity index (χ2v) is 4.80. The molecule has 1 atom stereocenters. The van der Waals surface area contributed by atoms with Crippen LogP contribution < -0.4 is 0 Å². The van der Waals surface area contributed by atoms with Gasteiger partial charge in [-0.1, -0.05) is 0 Å². The minimum Gasteiger partial charge on any atom is -0.394 e.